The minimum absolute atomic E-state index is 0. The Bertz CT molecular complexity index is 361. The minimum atomic E-state index is -4.39. The van der Waals surface area contributed by atoms with Crippen molar-refractivity contribution in [2.75, 3.05) is 0 Å². The number of aldehydes is 1. The van der Waals surface area contributed by atoms with Crippen LogP contribution in [0.4, 0.5) is 13.2 Å². The molecule has 0 atom stereocenters. The van der Waals surface area contributed by atoms with Crippen molar-refractivity contribution in [2.24, 2.45) is 0 Å². The summed E-state index contributed by atoms with van der Waals surface area (Å²) in [5, 5.41) is 0. The zero-order chi connectivity index (χ0) is 11.5. The first-order valence-electron chi connectivity index (χ1n) is 4.28. The van der Waals surface area contributed by atoms with Gasteiger partial charge < -0.3 is 4.79 Å². The van der Waals surface area contributed by atoms with E-state index >= 15 is 0 Å². The molecule has 0 aromatic heterocycles. The summed E-state index contributed by atoms with van der Waals surface area (Å²) in [4.78, 5) is 10.4. The zero-order valence-corrected chi connectivity index (χ0v) is 8.61. The first-order chi connectivity index (χ1) is 6.95. The SMILES string of the molecule is C.O=CCCc1ccc(S)cc1C(F)(F)F. The number of thiol groups is 1. The standard InChI is InChI=1S/C10H9F3OS.CH4/c11-10(12,13)9-6-8(15)4-3-7(9)2-1-5-14;/h3-6,15H,1-2H2;1H4. The van der Waals surface area contributed by atoms with E-state index < -0.39 is 11.7 Å². The molecular weight excluding hydrogens is 237 g/mol. The predicted molar refractivity (Wildman–Crippen MR) is 59.8 cm³/mol. The molecule has 0 radical (unpaired) electrons. The molecule has 0 saturated carbocycles. The third-order valence-electron chi connectivity index (χ3n) is 1.93. The molecule has 0 spiro atoms. The normalized spacial score (nSPS) is 10.8. The van der Waals surface area contributed by atoms with E-state index in [1.165, 1.54) is 12.1 Å². The second-order valence-electron chi connectivity index (χ2n) is 3.04. The maximum absolute atomic E-state index is 12.5. The van der Waals surface area contributed by atoms with Gasteiger partial charge in [-0.25, -0.2) is 0 Å². The maximum atomic E-state index is 12.5. The highest BCUT2D eigenvalue weighted by Gasteiger charge is 2.33. The van der Waals surface area contributed by atoms with Crippen LogP contribution >= 0.6 is 12.6 Å². The van der Waals surface area contributed by atoms with E-state index in [-0.39, 0.29) is 30.7 Å². The second-order valence-corrected chi connectivity index (χ2v) is 3.56. The van der Waals surface area contributed by atoms with Crippen LogP contribution in [0.5, 0.6) is 0 Å². The van der Waals surface area contributed by atoms with Gasteiger partial charge in [0.2, 0.25) is 0 Å². The molecule has 0 saturated heterocycles. The first-order valence-corrected chi connectivity index (χ1v) is 4.72. The lowest BCUT2D eigenvalue weighted by Gasteiger charge is -2.12. The molecule has 0 amide bonds. The summed E-state index contributed by atoms with van der Waals surface area (Å²) in [6.45, 7) is 0. The largest absolute Gasteiger partial charge is 0.416 e. The number of alkyl halides is 3. The Morgan fingerprint density at radius 2 is 1.94 bits per heavy atom. The van der Waals surface area contributed by atoms with E-state index in [1.54, 1.807) is 0 Å². The van der Waals surface area contributed by atoms with Crippen LogP contribution in [0.3, 0.4) is 0 Å². The van der Waals surface area contributed by atoms with Gasteiger partial charge in [-0.15, -0.1) is 12.6 Å². The van der Waals surface area contributed by atoms with E-state index in [4.69, 9.17) is 0 Å². The quantitative estimate of drug-likeness (QED) is 0.638. The van der Waals surface area contributed by atoms with Crippen molar-refractivity contribution < 1.29 is 18.0 Å². The van der Waals surface area contributed by atoms with Crippen molar-refractivity contribution in [3.8, 4) is 0 Å². The third-order valence-corrected chi connectivity index (χ3v) is 2.21. The molecule has 90 valence electrons. The molecule has 1 rings (SSSR count). The maximum Gasteiger partial charge on any atom is 0.416 e. The number of carbonyl (C=O) groups excluding carboxylic acids is 1. The Balaban J connectivity index is 0.00000225. The van der Waals surface area contributed by atoms with E-state index in [2.05, 4.69) is 12.6 Å². The van der Waals surface area contributed by atoms with E-state index in [0.29, 0.717) is 6.29 Å². The van der Waals surface area contributed by atoms with E-state index in [0.717, 1.165) is 6.07 Å². The lowest BCUT2D eigenvalue weighted by molar-refractivity contribution is -0.138. The van der Waals surface area contributed by atoms with Gasteiger partial charge in [-0.1, -0.05) is 13.5 Å². The average Bonchev–Trinajstić information content (AvgIpc) is 2.14. The molecule has 1 aromatic carbocycles. The molecule has 0 heterocycles. The molecule has 0 bridgehead atoms. The lowest BCUT2D eigenvalue weighted by atomic mass is 10.0. The highest BCUT2D eigenvalue weighted by molar-refractivity contribution is 7.80. The fraction of sp³-hybridized carbons (Fsp3) is 0.364. The van der Waals surface area contributed by atoms with Gasteiger partial charge in [-0.2, -0.15) is 13.2 Å². The topological polar surface area (TPSA) is 17.1 Å². The van der Waals surface area contributed by atoms with Gasteiger partial charge >= 0.3 is 6.18 Å². The molecule has 0 aliphatic heterocycles. The van der Waals surface area contributed by atoms with Crippen molar-refractivity contribution in [3.05, 3.63) is 29.3 Å². The summed E-state index contributed by atoms with van der Waals surface area (Å²) in [6, 6.07) is 3.82. The van der Waals surface area contributed by atoms with Crippen LogP contribution in [0.1, 0.15) is 25.0 Å². The Morgan fingerprint density at radius 3 is 2.44 bits per heavy atom. The lowest BCUT2D eigenvalue weighted by Crippen LogP contribution is -2.09. The predicted octanol–water partition coefficient (Wildman–Crippen LogP) is 3.76. The van der Waals surface area contributed by atoms with E-state index in [9.17, 15) is 18.0 Å². The molecule has 0 N–H and O–H groups in total. The van der Waals surface area contributed by atoms with Gasteiger partial charge in [0.05, 0.1) is 5.56 Å². The van der Waals surface area contributed by atoms with Crippen LogP contribution in [0.15, 0.2) is 23.1 Å². The Hall–Kier alpha value is -0.970. The highest BCUT2D eigenvalue weighted by atomic mass is 32.1. The minimum Gasteiger partial charge on any atom is -0.303 e. The van der Waals surface area contributed by atoms with Crippen molar-refractivity contribution in [3.63, 3.8) is 0 Å². The fourth-order valence-electron chi connectivity index (χ4n) is 1.26. The van der Waals surface area contributed by atoms with Crippen molar-refractivity contribution in [1.29, 1.82) is 0 Å². The van der Waals surface area contributed by atoms with Crippen molar-refractivity contribution >= 4 is 18.9 Å². The number of hydrogen-bond acceptors (Lipinski definition) is 2. The van der Waals surface area contributed by atoms with E-state index in [1.807, 2.05) is 0 Å². The molecule has 5 heteroatoms. The van der Waals surface area contributed by atoms with Crippen molar-refractivity contribution in [2.45, 2.75) is 31.3 Å². The van der Waals surface area contributed by atoms with Gasteiger partial charge in [0.15, 0.2) is 0 Å². The van der Waals surface area contributed by atoms with Crippen LogP contribution in [0.2, 0.25) is 0 Å². The summed E-state index contributed by atoms with van der Waals surface area (Å²) in [7, 11) is 0. The average molecular weight is 250 g/mol. The molecule has 1 nitrogen and oxygen atoms in total. The zero-order valence-electron chi connectivity index (χ0n) is 7.71. The van der Waals surface area contributed by atoms with Crippen LogP contribution in [0, 0.1) is 0 Å². The summed E-state index contributed by atoms with van der Waals surface area (Å²) < 4.78 is 37.6. The molecular formula is C11H13F3OS. The smallest absolute Gasteiger partial charge is 0.303 e. The second kappa shape index (κ2) is 5.94. The number of halogens is 3. The molecule has 0 unspecified atom stereocenters. The summed E-state index contributed by atoms with van der Waals surface area (Å²) in [5.41, 5.74) is -0.579. The number of rotatable bonds is 3. The van der Waals surface area contributed by atoms with Gasteiger partial charge in [0.25, 0.3) is 0 Å². The first kappa shape index (κ1) is 15.0. The Kier molecular flexibility index (Phi) is 5.58. The van der Waals surface area contributed by atoms with Crippen LogP contribution in [-0.2, 0) is 17.4 Å². The summed E-state index contributed by atoms with van der Waals surface area (Å²) in [6.07, 6.45) is -3.59. The van der Waals surface area contributed by atoms with Crippen LogP contribution < -0.4 is 0 Å². The van der Waals surface area contributed by atoms with Gasteiger partial charge in [-0.3, -0.25) is 0 Å². The number of benzene rings is 1. The molecule has 0 aliphatic rings. The number of aryl methyl sites for hydroxylation is 1. The van der Waals surface area contributed by atoms with Gasteiger partial charge in [0.1, 0.15) is 6.29 Å². The van der Waals surface area contributed by atoms with Crippen LogP contribution in [0.25, 0.3) is 0 Å². The van der Waals surface area contributed by atoms with Crippen molar-refractivity contribution in [1.82, 2.24) is 0 Å². The molecule has 0 aliphatic carbocycles. The summed E-state index contributed by atoms with van der Waals surface area (Å²) >= 11 is 3.85. The number of hydrogen-bond donors (Lipinski definition) is 1. The highest BCUT2D eigenvalue weighted by Crippen LogP contribution is 2.33. The Labute approximate surface area is 98.1 Å². The Morgan fingerprint density at radius 1 is 1.31 bits per heavy atom. The van der Waals surface area contributed by atoms with Gasteiger partial charge in [-0.05, 0) is 24.1 Å². The molecule has 16 heavy (non-hydrogen) atoms. The fourth-order valence-corrected chi connectivity index (χ4v) is 1.46. The summed E-state index contributed by atoms with van der Waals surface area (Å²) in [5.74, 6) is 0. The number of carbonyl (C=O) groups is 1. The molecule has 1 aromatic rings. The monoisotopic (exact) mass is 250 g/mol. The molecule has 0 fully saturated rings. The van der Waals surface area contributed by atoms with Crippen LogP contribution in [-0.4, -0.2) is 6.29 Å². The van der Waals surface area contributed by atoms with Gasteiger partial charge in [0, 0.05) is 11.3 Å². The third kappa shape index (κ3) is 3.89.